The van der Waals surface area contributed by atoms with Crippen molar-refractivity contribution in [3.8, 4) is 11.3 Å². The van der Waals surface area contributed by atoms with E-state index in [2.05, 4.69) is 20.4 Å². The maximum absolute atomic E-state index is 13.0. The lowest BCUT2D eigenvalue weighted by molar-refractivity contribution is 0.459. The molecule has 1 N–H and O–H groups in total. The van der Waals surface area contributed by atoms with Crippen molar-refractivity contribution in [3.63, 3.8) is 0 Å². The van der Waals surface area contributed by atoms with Crippen LogP contribution in [0, 0.1) is 12.7 Å². The summed E-state index contributed by atoms with van der Waals surface area (Å²) < 4.78 is 18.5. The van der Waals surface area contributed by atoms with Crippen LogP contribution >= 0.6 is 11.6 Å². The first-order valence-electron chi connectivity index (χ1n) is 7.98. The average Bonchev–Trinajstić information content (AvgIpc) is 3.05. The van der Waals surface area contributed by atoms with Crippen LogP contribution in [0.5, 0.6) is 0 Å². The molecule has 26 heavy (non-hydrogen) atoms. The molecule has 0 aliphatic carbocycles. The zero-order valence-electron chi connectivity index (χ0n) is 13.8. The normalized spacial score (nSPS) is 11.0. The van der Waals surface area contributed by atoms with Crippen LogP contribution in [-0.4, -0.2) is 15.1 Å². The summed E-state index contributed by atoms with van der Waals surface area (Å²) in [6, 6.07) is 13.6. The number of hydrogen-bond donors (Lipinski definition) is 1. The first kappa shape index (κ1) is 16.5. The van der Waals surface area contributed by atoms with Crippen LogP contribution in [0.25, 0.3) is 22.4 Å². The summed E-state index contributed by atoms with van der Waals surface area (Å²) >= 11 is 5.95. The Balaban J connectivity index is 1.69. The fourth-order valence-corrected chi connectivity index (χ4v) is 2.77. The molecule has 0 amide bonds. The summed E-state index contributed by atoms with van der Waals surface area (Å²) in [5.74, 6) is 0.874. The smallest absolute Gasteiger partial charge is 0.228 e. The fraction of sp³-hybridized carbons (Fsp3) is 0.105. The number of rotatable bonds is 4. The molecule has 0 unspecified atom stereocenters. The minimum atomic E-state index is -0.267. The first-order valence-corrected chi connectivity index (χ1v) is 8.36. The molecular formula is C19H14ClFN4O. The predicted molar refractivity (Wildman–Crippen MR) is 98.5 cm³/mol. The number of aromatic nitrogens is 3. The third kappa shape index (κ3) is 3.23. The van der Waals surface area contributed by atoms with Crippen LogP contribution in [-0.2, 0) is 6.54 Å². The highest BCUT2D eigenvalue weighted by molar-refractivity contribution is 6.30. The van der Waals surface area contributed by atoms with Crippen molar-refractivity contribution in [2.75, 3.05) is 5.32 Å². The zero-order chi connectivity index (χ0) is 18.1. The van der Waals surface area contributed by atoms with Crippen LogP contribution in [0.4, 0.5) is 10.2 Å². The summed E-state index contributed by atoms with van der Waals surface area (Å²) in [6.07, 6.45) is 0. The maximum atomic E-state index is 13.0. The zero-order valence-corrected chi connectivity index (χ0v) is 14.6. The number of benzene rings is 2. The van der Waals surface area contributed by atoms with Crippen molar-refractivity contribution < 1.29 is 8.91 Å². The van der Waals surface area contributed by atoms with Gasteiger partial charge < -0.3 is 9.84 Å². The summed E-state index contributed by atoms with van der Waals surface area (Å²) in [4.78, 5) is 8.88. The van der Waals surface area contributed by atoms with Crippen molar-refractivity contribution in [3.05, 3.63) is 70.8 Å². The molecule has 0 bridgehead atoms. The number of nitrogens with one attached hydrogen (secondary N) is 1. The molecule has 2 heterocycles. The van der Waals surface area contributed by atoms with Gasteiger partial charge in [-0.2, -0.15) is 0 Å². The van der Waals surface area contributed by atoms with Gasteiger partial charge in [0.25, 0.3) is 0 Å². The topological polar surface area (TPSA) is 63.8 Å². The van der Waals surface area contributed by atoms with Gasteiger partial charge in [-0.1, -0.05) is 41.0 Å². The highest BCUT2D eigenvalue weighted by Crippen LogP contribution is 2.30. The van der Waals surface area contributed by atoms with Crippen LogP contribution in [0.2, 0.25) is 5.02 Å². The van der Waals surface area contributed by atoms with E-state index in [0.717, 1.165) is 11.1 Å². The second-order valence-corrected chi connectivity index (χ2v) is 6.25. The van der Waals surface area contributed by atoms with Gasteiger partial charge in [-0.25, -0.2) is 14.4 Å². The van der Waals surface area contributed by atoms with Crippen LogP contribution in [0.1, 0.15) is 11.4 Å². The van der Waals surface area contributed by atoms with E-state index >= 15 is 0 Å². The van der Waals surface area contributed by atoms with E-state index in [1.54, 1.807) is 31.2 Å². The van der Waals surface area contributed by atoms with E-state index < -0.39 is 0 Å². The number of nitrogens with zero attached hydrogens (tertiary/aromatic N) is 3. The summed E-state index contributed by atoms with van der Waals surface area (Å²) in [6.45, 7) is 2.28. The third-order valence-electron chi connectivity index (χ3n) is 3.92. The van der Waals surface area contributed by atoms with Gasteiger partial charge in [-0.05, 0) is 36.8 Å². The van der Waals surface area contributed by atoms with E-state index in [1.807, 2.05) is 12.1 Å². The standard InChI is InChI=1S/C19H14ClFN4O/c1-11-23-17-16(13-4-6-14(20)7-5-13)25-26-18(17)19(24-11)22-10-12-2-8-15(21)9-3-12/h2-9H,10H2,1H3,(H,22,23,24). The molecule has 0 saturated heterocycles. The Kier molecular flexibility index (Phi) is 4.26. The van der Waals surface area contributed by atoms with Crippen LogP contribution in [0.3, 0.4) is 0 Å². The van der Waals surface area contributed by atoms with Gasteiger partial charge in [0.2, 0.25) is 5.58 Å². The van der Waals surface area contributed by atoms with Gasteiger partial charge in [-0.15, -0.1) is 0 Å². The minimum absolute atomic E-state index is 0.267. The van der Waals surface area contributed by atoms with Crippen molar-refractivity contribution in [1.82, 2.24) is 15.1 Å². The van der Waals surface area contributed by atoms with E-state index in [-0.39, 0.29) is 5.82 Å². The minimum Gasteiger partial charge on any atom is -0.363 e. The lowest BCUT2D eigenvalue weighted by Crippen LogP contribution is -2.03. The molecule has 0 radical (unpaired) electrons. The molecule has 0 atom stereocenters. The predicted octanol–water partition coefficient (Wildman–Crippen LogP) is 5.00. The number of halogens is 2. The molecule has 2 aromatic carbocycles. The van der Waals surface area contributed by atoms with Crippen molar-refractivity contribution >= 4 is 28.5 Å². The van der Waals surface area contributed by atoms with Crippen LogP contribution in [0.15, 0.2) is 53.1 Å². The Morgan fingerprint density at radius 1 is 1.04 bits per heavy atom. The first-order chi connectivity index (χ1) is 12.6. The summed E-state index contributed by atoms with van der Waals surface area (Å²) in [5, 5.41) is 8.01. The Morgan fingerprint density at radius 3 is 2.50 bits per heavy atom. The third-order valence-corrected chi connectivity index (χ3v) is 4.17. The lowest BCUT2D eigenvalue weighted by atomic mass is 10.1. The Morgan fingerprint density at radius 2 is 1.77 bits per heavy atom. The molecule has 0 aliphatic heterocycles. The monoisotopic (exact) mass is 368 g/mol. The number of anilines is 1. The van der Waals surface area contributed by atoms with Crippen molar-refractivity contribution in [2.24, 2.45) is 0 Å². The SMILES string of the molecule is Cc1nc(NCc2ccc(F)cc2)c2onc(-c3ccc(Cl)cc3)c2n1. The molecule has 0 saturated carbocycles. The van der Waals surface area contributed by atoms with Crippen LogP contribution < -0.4 is 5.32 Å². The largest absolute Gasteiger partial charge is 0.363 e. The second kappa shape index (κ2) is 6.72. The molecule has 4 aromatic rings. The van der Waals surface area contributed by atoms with Gasteiger partial charge >= 0.3 is 0 Å². The average molecular weight is 369 g/mol. The van der Waals surface area contributed by atoms with Gasteiger partial charge in [0.1, 0.15) is 22.9 Å². The van der Waals surface area contributed by atoms with Gasteiger partial charge in [0.15, 0.2) is 5.82 Å². The highest BCUT2D eigenvalue weighted by atomic mass is 35.5. The number of hydrogen-bond acceptors (Lipinski definition) is 5. The molecule has 4 rings (SSSR count). The quantitative estimate of drug-likeness (QED) is 0.549. The molecule has 0 spiro atoms. The number of fused-ring (bicyclic) bond motifs is 1. The Hall–Kier alpha value is -2.99. The molecule has 7 heteroatoms. The lowest BCUT2D eigenvalue weighted by Gasteiger charge is -2.06. The highest BCUT2D eigenvalue weighted by Gasteiger charge is 2.17. The van der Waals surface area contributed by atoms with E-state index in [9.17, 15) is 4.39 Å². The molecular weight excluding hydrogens is 355 g/mol. The van der Waals surface area contributed by atoms with E-state index in [0.29, 0.717) is 40.0 Å². The van der Waals surface area contributed by atoms with E-state index in [4.69, 9.17) is 16.1 Å². The van der Waals surface area contributed by atoms with Gasteiger partial charge in [0, 0.05) is 17.1 Å². The Bertz CT molecular complexity index is 1060. The fourth-order valence-electron chi connectivity index (χ4n) is 2.65. The maximum Gasteiger partial charge on any atom is 0.228 e. The Labute approximate surface area is 153 Å². The van der Waals surface area contributed by atoms with Gasteiger partial charge in [-0.3, -0.25) is 0 Å². The molecule has 5 nitrogen and oxygen atoms in total. The molecule has 0 fully saturated rings. The second-order valence-electron chi connectivity index (χ2n) is 5.82. The van der Waals surface area contributed by atoms with E-state index in [1.165, 1.54) is 12.1 Å². The summed E-state index contributed by atoms with van der Waals surface area (Å²) in [5.41, 5.74) is 3.51. The molecule has 0 aliphatic rings. The molecule has 130 valence electrons. The van der Waals surface area contributed by atoms with Gasteiger partial charge in [0.05, 0.1) is 0 Å². The summed E-state index contributed by atoms with van der Waals surface area (Å²) in [7, 11) is 0. The van der Waals surface area contributed by atoms with Crippen molar-refractivity contribution in [1.29, 1.82) is 0 Å². The molecule has 2 aromatic heterocycles. The number of aryl methyl sites for hydroxylation is 1. The van der Waals surface area contributed by atoms with Crippen molar-refractivity contribution in [2.45, 2.75) is 13.5 Å².